The van der Waals surface area contributed by atoms with Crippen molar-refractivity contribution < 1.29 is 4.92 Å². The van der Waals surface area contributed by atoms with Crippen molar-refractivity contribution in [3.05, 3.63) is 56.6 Å². The van der Waals surface area contributed by atoms with E-state index in [2.05, 4.69) is 9.97 Å². The summed E-state index contributed by atoms with van der Waals surface area (Å²) in [5.74, 6) is 0.468. The molecule has 0 spiro atoms. The monoisotopic (exact) mass is 307 g/mol. The Morgan fingerprint density at radius 3 is 2.70 bits per heavy atom. The SMILES string of the molecule is O=[N+]([O-])c1ccc(Cl)c(-c2nc3ccc(Cl)cc3[nH]2)c1. The number of benzene rings is 2. The van der Waals surface area contributed by atoms with Gasteiger partial charge in [0.2, 0.25) is 0 Å². The van der Waals surface area contributed by atoms with Crippen molar-refractivity contribution in [2.75, 3.05) is 0 Å². The van der Waals surface area contributed by atoms with Gasteiger partial charge in [-0.1, -0.05) is 23.2 Å². The Morgan fingerprint density at radius 1 is 1.15 bits per heavy atom. The van der Waals surface area contributed by atoms with Gasteiger partial charge in [0.05, 0.1) is 21.0 Å². The second-order valence-electron chi connectivity index (χ2n) is 4.17. The first-order valence-corrected chi connectivity index (χ1v) is 6.40. The zero-order valence-electron chi connectivity index (χ0n) is 9.93. The molecule has 0 saturated carbocycles. The van der Waals surface area contributed by atoms with Crippen LogP contribution in [0.25, 0.3) is 22.4 Å². The quantitative estimate of drug-likeness (QED) is 0.561. The molecule has 0 unspecified atom stereocenters. The Balaban J connectivity index is 2.19. The Morgan fingerprint density at radius 2 is 1.95 bits per heavy atom. The van der Waals surface area contributed by atoms with Gasteiger partial charge in [-0.25, -0.2) is 4.98 Å². The molecule has 7 heteroatoms. The van der Waals surface area contributed by atoms with Gasteiger partial charge in [0.1, 0.15) is 5.82 Å². The summed E-state index contributed by atoms with van der Waals surface area (Å²) in [6.07, 6.45) is 0. The van der Waals surface area contributed by atoms with E-state index < -0.39 is 4.92 Å². The Labute approximate surface area is 123 Å². The van der Waals surface area contributed by atoms with Gasteiger partial charge < -0.3 is 4.98 Å². The number of nitro benzene ring substituents is 1. The third-order valence-electron chi connectivity index (χ3n) is 2.86. The highest BCUT2D eigenvalue weighted by Crippen LogP contribution is 2.31. The average molecular weight is 308 g/mol. The summed E-state index contributed by atoms with van der Waals surface area (Å²) in [5.41, 5.74) is 1.90. The van der Waals surface area contributed by atoms with Gasteiger partial charge in [-0.05, 0) is 24.3 Å². The molecule has 0 saturated heterocycles. The molecule has 1 heterocycles. The fraction of sp³-hybridized carbons (Fsp3) is 0. The van der Waals surface area contributed by atoms with Crippen LogP contribution in [0.4, 0.5) is 5.69 Å². The minimum absolute atomic E-state index is 0.0390. The number of H-pyrrole nitrogens is 1. The third kappa shape index (κ3) is 2.21. The van der Waals surface area contributed by atoms with E-state index in [-0.39, 0.29) is 5.69 Å². The molecule has 0 aliphatic heterocycles. The van der Waals surface area contributed by atoms with E-state index in [0.717, 1.165) is 5.52 Å². The second-order valence-corrected chi connectivity index (χ2v) is 5.01. The third-order valence-corrected chi connectivity index (χ3v) is 3.42. The van der Waals surface area contributed by atoms with Crippen LogP contribution in [0.2, 0.25) is 10.0 Å². The standard InChI is InChI=1S/C13H7Cl2N3O2/c14-7-1-4-11-12(5-7)17-13(16-11)9-6-8(18(19)20)2-3-10(9)15/h1-6H,(H,16,17). The number of halogens is 2. The van der Waals surface area contributed by atoms with Gasteiger partial charge in [-0.2, -0.15) is 0 Å². The van der Waals surface area contributed by atoms with Crippen LogP contribution in [0.15, 0.2) is 36.4 Å². The summed E-state index contributed by atoms with van der Waals surface area (Å²) in [6.45, 7) is 0. The molecule has 5 nitrogen and oxygen atoms in total. The van der Waals surface area contributed by atoms with Crippen LogP contribution >= 0.6 is 23.2 Å². The summed E-state index contributed by atoms with van der Waals surface area (Å²) < 4.78 is 0. The van der Waals surface area contributed by atoms with E-state index in [0.29, 0.717) is 26.9 Å². The number of hydrogen-bond acceptors (Lipinski definition) is 3. The highest BCUT2D eigenvalue weighted by atomic mass is 35.5. The maximum atomic E-state index is 10.8. The van der Waals surface area contributed by atoms with E-state index in [9.17, 15) is 10.1 Å². The van der Waals surface area contributed by atoms with Crippen LogP contribution in [0.5, 0.6) is 0 Å². The first-order chi connectivity index (χ1) is 9.54. The van der Waals surface area contributed by atoms with Crippen LogP contribution in [-0.2, 0) is 0 Å². The minimum atomic E-state index is -0.473. The highest BCUT2D eigenvalue weighted by molar-refractivity contribution is 6.33. The fourth-order valence-corrected chi connectivity index (χ4v) is 2.30. The van der Waals surface area contributed by atoms with Crippen molar-refractivity contribution in [3.63, 3.8) is 0 Å². The maximum absolute atomic E-state index is 10.8. The summed E-state index contributed by atoms with van der Waals surface area (Å²) >= 11 is 12.0. The molecule has 0 aliphatic carbocycles. The predicted molar refractivity (Wildman–Crippen MR) is 78.2 cm³/mol. The molecule has 2 aromatic carbocycles. The lowest BCUT2D eigenvalue weighted by Gasteiger charge is -2.00. The first kappa shape index (κ1) is 12.9. The van der Waals surface area contributed by atoms with E-state index in [1.807, 2.05) is 0 Å². The molecule has 20 heavy (non-hydrogen) atoms. The van der Waals surface area contributed by atoms with E-state index in [1.54, 1.807) is 18.2 Å². The first-order valence-electron chi connectivity index (χ1n) is 5.64. The fourth-order valence-electron chi connectivity index (χ4n) is 1.92. The lowest BCUT2D eigenvalue weighted by molar-refractivity contribution is -0.384. The molecule has 0 fully saturated rings. The predicted octanol–water partition coefficient (Wildman–Crippen LogP) is 4.44. The summed E-state index contributed by atoms with van der Waals surface area (Å²) in [6, 6.07) is 9.45. The number of aromatic nitrogens is 2. The number of fused-ring (bicyclic) bond motifs is 1. The number of hydrogen-bond donors (Lipinski definition) is 1. The van der Waals surface area contributed by atoms with Gasteiger partial charge in [-0.3, -0.25) is 10.1 Å². The number of nitro groups is 1. The van der Waals surface area contributed by atoms with Crippen molar-refractivity contribution in [1.82, 2.24) is 9.97 Å². The van der Waals surface area contributed by atoms with Crippen molar-refractivity contribution in [2.45, 2.75) is 0 Å². The zero-order valence-corrected chi connectivity index (χ0v) is 11.4. The lowest BCUT2D eigenvalue weighted by atomic mass is 10.2. The molecule has 3 rings (SSSR count). The Kier molecular flexibility index (Phi) is 3.08. The highest BCUT2D eigenvalue weighted by Gasteiger charge is 2.14. The largest absolute Gasteiger partial charge is 0.338 e. The van der Waals surface area contributed by atoms with E-state index in [1.165, 1.54) is 18.2 Å². The molecule has 0 aliphatic rings. The summed E-state index contributed by atoms with van der Waals surface area (Å²) in [4.78, 5) is 17.8. The van der Waals surface area contributed by atoms with Gasteiger partial charge in [-0.15, -0.1) is 0 Å². The molecule has 3 aromatic rings. The summed E-state index contributed by atoms with van der Waals surface area (Å²) in [5, 5.41) is 11.8. The molecular weight excluding hydrogens is 301 g/mol. The van der Waals surface area contributed by atoms with Crippen LogP contribution in [0.1, 0.15) is 0 Å². The molecule has 100 valence electrons. The second kappa shape index (κ2) is 4.77. The normalized spacial score (nSPS) is 10.9. The zero-order chi connectivity index (χ0) is 14.3. The van der Waals surface area contributed by atoms with Gasteiger partial charge in [0.25, 0.3) is 5.69 Å². The summed E-state index contributed by atoms with van der Waals surface area (Å²) in [7, 11) is 0. The maximum Gasteiger partial charge on any atom is 0.270 e. The number of imidazole rings is 1. The van der Waals surface area contributed by atoms with Gasteiger partial charge in [0.15, 0.2) is 0 Å². The minimum Gasteiger partial charge on any atom is -0.338 e. The van der Waals surface area contributed by atoms with Crippen LogP contribution in [-0.4, -0.2) is 14.9 Å². The molecule has 0 bridgehead atoms. The lowest BCUT2D eigenvalue weighted by Crippen LogP contribution is -1.90. The number of rotatable bonds is 2. The van der Waals surface area contributed by atoms with Crippen LogP contribution in [0.3, 0.4) is 0 Å². The molecular formula is C13H7Cl2N3O2. The van der Waals surface area contributed by atoms with Gasteiger partial charge >= 0.3 is 0 Å². The van der Waals surface area contributed by atoms with Crippen molar-refractivity contribution in [2.24, 2.45) is 0 Å². The molecule has 0 amide bonds. The molecule has 1 aromatic heterocycles. The van der Waals surface area contributed by atoms with Crippen LogP contribution < -0.4 is 0 Å². The van der Waals surface area contributed by atoms with Gasteiger partial charge in [0, 0.05) is 22.7 Å². The molecule has 0 atom stereocenters. The van der Waals surface area contributed by atoms with Crippen molar-refractivity contribution in [3.8, 4) is 11.4 Å². The van der Waals surface area contributed by atoms with E-state index in [4.69, 9.17) is 23.2 Å². The number of nitrogens with zero attached hydrogens (tertiary/aromatic N) is 2. The van der Waals surface area contributed by atoms with Crippen molar-refractivity contribution >= 4 is 39.9 Å². The molecule has 1 N–H and O–H groups in total. The Bertz CT molecular complexity index is 830. The van der Waals surface area contributed by atoms with Crippen molar-refractivity contribution in [1.29, 1.82) is 0 Å². The smallest absolute Gasteiger partial charge is 0.270 e. The molecule has 0 radical (unpaired) electrons. The van der Waals surface area contributed by atoms with Crippen LogP contribution in [0, 0.1) is 10.1 Å². The Hall–Kier alpha value is -2.11. The number of nitrogens with one attached hydrogen (secondary N) is 1. The number of aromatic amines is 1. The van der Waals surface area contributed by atoms with E-state index >= 15 is 0 Å². The topological polar surface area (TPSA) is 71.8 Å². The number of non-ortho nitro benzene ring substituents is 1. The average Bonchev–Trinajstić information content (AvgIpc) is 2.81.